The molecule has 0 radical (unpaired) electrons. The number of pyridine rings is 1. The van der Waals surface area contributed by atoms with Gasteiger partial charge in [0.1, 0.15) is 10.8 Å². The standard InChI is InChI=1S/C11H4BrCl4NO/c12-5-1-9(16)11(17-4-5)18-10-3-7(14)6(13)2-8(10)15/h1-4H. The maximum Gasteiger partial charge on any atom is 0.238 e. The molecule has 0 fully saturated rings. The van der Waals surface area contributed by atoms with Gasteiger partial charge in [-0.3, -0.25) is 0 Å². The first-order chi connectivity index (χ1) is 8.47. The molecule has 0 N–H and O–H groups in total. The second kappa shape index (κ2) is 5.85. The van der Waals surface area contributed by atoms with E-state index in [4.69, 9.17) is 51.1 Å². The van der Waals surface area contributed by atoms with Crippen molar-refractivity contribution < 1.29 is 4.74 Å². The van der Waals surface area contributed by atoms with Crippen molar-refractivity contribution in [2.24, 2.45) is 0 Å². The van der Waals surface area contributed by atoms with Crippen LogP contribution in [0, 0.1) is 0 Å². The summed E-state index contributed by atoms with van der Waals surface area (Å²) in [4.78, 5) is 4.03. The lowest BCUT2D eigenvalue weighted by atomic mass is 10.3. The number of hydrogen-bond donors (Lipinski definition) is 0. The Morgan fingerprint density at radius 3 is 2.22 bits per heavy atom. The minimum absolute atomic E-state index is 0.236. The monoisotopic (exact) mass is 385 g/mol. The van der Waals surface area contributed by atoms with Gasteiger partial charge in [-0.25, -0.2) is 4.98 Å². The molecule has 94 valence electrons. The van der Waals surface area contributed by atoms with Crippen LogP contribution >= 0.6 is 62.3 Å². The third-order valence-corrected chi connectivity index (χ3v) is 3.68. The number of hydrogen-bond acceptors (Lipinski definition) is 2. The Morgan fingerprint density at radius 2 is 1.56 bits per heavy atom. The summed E-state index contributed by atoms with van der Waals surface area (Å²) in [5, 5.41) is 1.37. The summed E-state index contributed by atoms with van der Waals surface area (Å²) in [6, 6.07) is 4.66. The van der Waals surface area contributed by atoms with Gasteiger partial charge in [0.15, 0.2) is 0 Å². The van der Waals surface area contributed by atoms with Crippen LogP contribution in [0.15, 0.2) is 28.9 Å². The van der Waals surface area contributed by atoms with Crippen LogP contribution in [0.25, 0.3) is 0 Å². The zero-order valence-corrected chi connectivity index (χ0v) is 13.2. The summed E-state index contributed by atoms with van der Waals surface area (Å²) in [6.45, 7) is 0. The Bertz CT molecular complexity index is 606. The molecule has 0 unspecified atom stereocenters. The summed E-state index contributed by atoms with van der Waals surface area (Å²) in [6.07, 6.45) is 1.56. The maximum absolute atomic E-state index is 5.99. The molecular weight excluding hydrogens is 384 g/mol. The fourth-order valence-electron chi connectivity index (χ4n) is 1.16. The number of halogens is 5. The number of benzene rings is 1. The summed E-state index contributed by atoms with van der Waals surface area (Å²) < 4.78 is 6.24. The minimum atomic E-state index is 0.236. The molecule has 18 heavy (non-hydrogen) atoms. The zero-order chi connectivity index (χ0) is 13.3. The molecule has 0 amide bonds. The smallest absolute Gasteiger partial charge is 0.238 e. The minimum Gasteiger partial charge on any atom is -0.436 e. The Morgan fingerprint density at radius 1 is 0.889 bits per heavy atom. The first-order valence-electron chi connectivity index (χ1n) is 4.61. The van der Waals surface area contributed by atoms with Gasteiger partial charge in [-0.1, -0.05) is 46.4 Å². The van der Waals surface area contributed by atoms with E-state index in [0.29, 0.717) is 25.8 Å². The van der Waals surface area contributed by atoms with Crippen molar-refractivity contribution in [3.8, 4) is 11.6 Å². The van der Waals surface area contributed by atoms with Gasteiger partial charge in [0.05, 0.1) is 15.1 Å². The Labute approximate surface area is 132 Å². The molecule has 0 saturated carbocycles. The first-order valence-corrected chi connectivity index (χ1v) is 6.91. The van der Waals surface area contributed by atoms with Gasteiger partial charge >= 0.3 is 0 Å². The summed E-state index contributed by atoms with van der Waals surface area (Å²) in [7, 11) is 0. The fraction of sp³-hybridized carbons (Fsp3) is 0. The Kier molecular flexibility index (Phi) is 4.62. The van der Waals surface area contributed by atoms with Crippen molar-refractivity contribution in [3.05, 3.63) is 49.0 Å². The quantitative estimate of drug-likeness (QED) is 0.568. The first kappa shape index (κ1) is 14.2. The van der Waals surface area contributed by atoms with E-state index in [1.54, 1.807) is 12.3 Å². The number of nitrogens with zero attached hydrogens (tertiary/aromatic N) is 1. The third kappa shape index (κ3) is 3.22. The molecule has 0 atom stereocenters. The van der Waals surface area contributed by atoms with Gasteiger partial charge in [-0.05, 0) is 28.1 Å². The highest BCUT2D eigenvalue weighted by Crippen LogP contribution is 2.37. The average Bonchev–Trinajstić information content (AvgIpc) is 2.29. The topological polar surface area (TPSA) is 22.1 Å². The molecular formula is C11H4BrCl4NO. The van der Waals surface area contributed by atoms with Crippen LogP contribution in [0.5, 0.6) is 11.6 Å². The van der Waals surface area contributed by atoms with Crippen LogP contribution in [0.3, 0.4) is 0 Å². The molecule has 0 bridgehead atoms. The molecule has 2 rings (SSSR count). The van der Waals surface area contributed by atoms with E-state index in [1.807, 2.05) is 0 Å². The van der Waals surface area contributed by atoms with E-state index < -0.39 is 0 Å². The highest BCUT2D eigenvalue weighted by Gasteiger charge is 2.11. The lowest BCUT2D eigenvalue weighted by Gasteiger charge is -2.09. The summed E-state index contributed by atoms with van der Waals surface area (Å²) >= 11 is 26.9. The van der Waals surface area contributed by atoms with Crippen molar-refractivity contribution >= 4 is 62.3 Å². The fourth-order valence-corrected chi connectivity index (χ4v) is 2.41. The van der Waals surface area contributed by atoms with Crippen molar-refractivity contribution in [2.75, 3.05) is 0 Å². The average molecular weight is 388 g/mol. The highest BCUT2D eigenvalue weighted by molar-refractivity contribution is 9.10. The van der Waals surface area contributed by atoms with Crippen molar-refractivity contribution in [3.63, 3.8) is 0 Å². The van der Waals surface area contributed by atoms with Gasteiger partial charge in [-0.2, -0.15) is 0 Å². The van der Waals surface area contributed by atoms with E-state index in [0.717, 1.165) is 4.47 Å². The molecule has 0 aliphatic heterocycles. The molecule has 1 aromatic heterocycles. The van der Waals surface area contributed by atoms with Gasteiger partial charge in [0, 0.05) is 16.7 Å². The molecule has 1 aromatic carbocycles. The van der Waals surface area contributed by atoms with Crippen LogP contribution in [-0.2, 0) is 0 Å². The molecule has 1 heterocycles. The number of ether oxygens (including phenoxy) is 1. The van der Waals surface area contributed by atoms with E-state index >= 15 is 0 Å². The van der Waals surface area contributed by atoms with E-state index in [9.17, 15) is 0 Å². The largest absolute Gasteiger partial charge is 0.436 e. The molecule has 2 aromatic rings. The zero-order valence-electron chi connectivity index (χ0n) is 8.55. The van der Waals surface area contributed by atoms with Gasteiger partial charge in [-0.15, -0.1) is 0 Å². The molecule has 0 aliphatic rings. The highest BCUT2D eigenvalue weighted by atomic mass is 79.9. The predicted molar refractivity (Wildman–Crippen MR) is 78.5 cm³/mol. The molecule has 0 spiro atoms. The van der Waals surface area contributed by atoms with Crippen LogP contribution < -0.4 is 4.74 Å². The van der Waals surface area contributed by atoms with Crippen LogP contribution in [0.2, 0.25) is 20.1 Å². The van der Waals surface area contributed by atoms with Crippen molar-refractivity contribution in [1.82, 2.24) is 4.98 Å². The van der Waals surface area contributed by atoms with Gasteiger partial charge in [0.2, 0.25) is 5.88 Å². The van der Waals surface area contributed by atoms with E-state index in [2.05, 4.69) is 20.9 Å². The molecule has 0 saturated heterocycles. The van der Waals surface area contributed by atoms with Crippen LogP contribution in [0.1, 0.15) is 0 Å². The summed E-state index contributed by atoms with van der Waals surface area (Å²) in [5.41, 5.74) is 0. The molecule has 0 aliphatic carbocycles. The van der Waals surface area contributed by atoms with Crippen LogP contribution in [0.4, 0.5) is 0 Å². The van der Waals surface area contributed by atoms with Gasteiger partial charge in [0.25, 0.3) is 0 Å². The molecule has 7 heteroatoms. The lowest BCUT2D eigenvalue weighted by molar-refractivity contribution is 0.463. The van der Waals surface area contributed by atoms with Crippen molar-refractivity contribution in [2.45, 2.75) is 0 Å². The third-order valence-electron chi connectivity index (χ3n) is 1.96. The molecule has 2 nitrogen and oxygen atoms in total. The SMILES string of the molecule is Clc1cc(Cl)c(Oc2ncc(Br)cc2Cl)cc1Cl. The second-order valence-electron chi connectivity index (χ2n) is 3.24. The maximum atomic E-state index is 5.99. The number of aromatic nitrogens is 1. The van der Waals surface area contributed by atoms with Gasteiger partial charge < -0.3 is 4.74 Å². The number of rotatable bonds is 2. The van der Waals surface area contributed by atoms with E-state index in [1.165, 1.54) is 12.1 Å². The second-order valence-corrected chi connectivity index (χ2v) is 5.78. The normalized spacial score (nSPS) is 10.5. The van der Waals surface area contributed by atoms with Crippen LogP contribution in [-0.4, -0.2) is 4.98 Å². The summed E-state index contributed by atoms with van der Waals surface area (Å²) in [5.74, 6) is 0.572. The van der Waals surface area contributed by atoms with Crippen molar-refractivity contribution in [1.29, 1.82) is 0 Å². The predicted octanol–water partition coefficient (Wildman–Crippen LogP) is 6.25. The Balaban J connectivity index is 2.37. The Hall–Kier alpha value is -0.190. The van der Waals surface area contributed by atoms with E-state index in [-0.39, 0.29) is 5.88 Å². The lowest BCUT2D eigenvalue weighted by Crippen LogP contribution is -1.90.